The average molecular weight is 310 g/mol. The van der Waals surface area contributed by atoms with Crippen molar-refractivity contribution >= 4 is 16.0 Å². The Morgan fingerprint density at radius 1 is 1.48 bits per heavy atom. The lowest BCUT2D eigenvalue weighted by Crippen LogP contribution is -2.40. The number of aliphatic hydroxyl groups excluding tert-OH is 1. The number of β-amino-alcohol motifs (C(OH)–C–C–N with tert-alkyl or cyclic N) is 1. The van der Waals surface area contributed by atoms with Crippen molar-refractivity contribution in [3.8, 4) is 6.07 Å². The van der Waals surface area contributed by atoms with E-state index in [-0.39, 0.29) is 17.9 Å². The zero-order valence-electron chi connectivity index (χ0n) is 11.2. The molecule has 1 heterocycles. The summed E-state index contributed by atoms with van der Waals surface area (Å²) in [5.74, 6) is -1.29. The minimum atomic E-state index is -4.04. The lowest BCUT2D eigenvalue weighted by atomic mass is 10.2. The lowest BCUT2D eigenvalue weighted by Gasteiger charge is -2.21. The van der Waals surface area contributed by atoms with E-state index in [0.717, 1.165) is 4.31 Å². The van der Waals surface area contributed by atoms with Gasteiger partial charge in [0.05, 0.1) is 22.6 Å². The maximum Gasteiger partial charge on any atom is 0.322 e. The summed E-state index contributed by atoms with van der Waals surface area (Å²) in [6.45, 7) is 1.29. The predicted molar refractivity (Wildman–Crippen MR) is 71.8 cm³/mol. The van der Waals surface area contributed by atoms with Gasteiger partial charge in [-0.2, -0.15) is 9.57 Å². The summed E-state index contributed by atoms with van der Waals surface area (Å²) < 4.78 is 26.0. The number of benzene rings is 1. The number of aliphatic carboxylic acids is 1. The van der Waals surface area contributed by atoms with E-state index in [1.54, 1.807) is 0 Å². The van der Waals surface area contributed by atoms with E-state index in [0.29, 0.717) is 11.1 Å². The van der Waals surface area contributed by atoms with Crippen molar-refractivity contribution in [3.05, 3.63) is 29.3 Å². The van der Waals surface area contributed by atoms with E-state index in [2.05, 4.69) is 0 Å². The van der Waals surface area contributed by atoms with Gasteiger partial charge in [0, 0.05) is 13.0 Å². The summed E-state index contributed by atoms with van der Waals surface area (Å²) in [5, 5.41) is 27.5. The molecule has 2 N–H and O–H groups in total. The van der Waals surface area contributed by atoms with Gasteiger partial charge in [-0.05, 0) is 30.7 Å². The molecule has 112 valence electrons. The Kier molecular flexibility index (Phi) is 4.00. The predicted octanol–water partition coefficient (Wildman–Crippen LogP) is 0.0752. The zero-order chi connectivity index (χ0) is 15.8. The first-order valence-corrected chi connectivity index (χ1v) is 7.65. The van der Waals surface area contributed by atoms with Crippen LogP contribution in [0.15, 0.2) is 23.1 Å². The van der Waals surface area contributed by atoms with Crippen LogP contribution in [-0.2, 0) is 14.8 Å². The van der Waals surface area contributed by atoms with Crippen molar-refractivity contribution in [2.45, 2.75) is 30.4 Å². The Morgan fingerprint density at radius 3 is 2.67 bits per heavy atom. The summed E-state index contributed by atoms with van der Waals surface area (Å²) in [4.78, 5) is 11.1. The summed E-state index contributed by atoms with van der Waals surface area (Å²) in [6, 6.07) is 4.70. The molecule has 0 aromatic heterocycles. The van der Waals surface area contributed by atoms with Crippen LogP contribution in [0.2, 0.25) is 0 Å². The first-order chi connectivity index (χ1) is 9.77. The molecular formula is C13H14N2O5S. The smallest absolute Gasteiger partial charge is 0.322 e. The first-order valence-electron chi connectivity index (χ1n) is 6.21. The number of hydrogen-bond donors (Lipinski definition) is 2. The number of aryl methyl sites for hydroxylation is 1. The Labute approximate surface area is 122 Å². The van der Waals surface area contributed by atoms with Crippen LogP contribution in [0, 0.1) is 18.3 Å². The molecule has 0 radical (unpaired) electrons. The lowest BCUT2D eigenvalue weighted by molar-refractivity contribution is -0.140. The Bertz CT molecular complexity index is 723. The van der Waals surface area contributed by atoms with E-state index in [9.17, 15) is 18.3 Å². The number of carboxylic acids is 1. The van der Waals surface area contributed by atoms with Crippen molar-refractivity contribution in [2.75, 3.05) is 6.54 Å². The summed E-state index contributed by atoms with van der Waals surface area (Å²) in [7, 11) is -4.04. The number of nitrogens with zero attached hydrogens (tertiary/aromatic N) is 2. The fraction of sp³-hybridized carbons (Fsp3) is 0.385. The number of aliphatic hydroxyl groups is 1. The molecule has 1 aromatic rings. The zero-order valence-corrected chi connectivity index (χ0v) is 12.0. The highest BCUT2D eigenvalue weighted by Gasteiger charge is 2.43. The molecule has 7 nitrogen and oxygen atoms in total. The van der Waals surface area contributed by atoms with Gasteiger partial charge >= 0.3 is 5.97 Å². The Hall–Kier alpha value is -1.95. The highest BCUT2D eigenvalue weighted by molar-refractivity contribution is 7.89. The molecule has 21 heavy (non-hydrogen) atoms. The van der Waals surface area contributed by atoms with E-state index in [1.807, 2.05) is 6.07 Å². The quantitative estimate of drug-likeness (QED) is 0.816. The van der Waals surface area contributed by atoms with E-state index >= 15 is 0 Å². The number of sulfonamides is 1. The van der Waals surface area contributed by atoms with Crippen molar-refractivity contribution < 1.29 is 23.4 Å². The molecule has 1 aromatic carbocycles. The van der Waals surface area contributed by atoms with E-state index in [1.165, 1.54) is 25.1 Å². The third-order valence-corrected chi connectivity index (χ3v) is 5.44. The van der Waals surface area contributed by atoms with Gasteiger partial charge in [-0.15, -0.1) is 0 Å². The molecule has 1 aliphatic heterocycles. The second kappa shape index (κ2) is 5.44. The first kappa shape index (κ1) is 15.4. The monoisotopic (exact) mass is 310 g/mol. The number of carboxylic acid groups (broad SMARTS) is 1. The molecule has 1 fully saturated rings. The highest BCUT2D eigenvalue weighted by atomic mass is 32.2. The van der Waals surface area contributed by atoms with Crippen LogP contribution in [0.25, 0.3) is 0 Å². The molecular weight excluding hydrogens is 296 g/mol. The molecule has 0 spiro atoms. The fourth-order valence-corrected chi connectivity index (χ4v) is 4.25. The molecule has 2 rings (SSSR count). The molecule has 1 aliphatic rings. The normalized spacial score (nSPS) is 22.9. The van der Waals surface area contributed by atoms with E-state index in [4.69, 9.17) is 10.4 Å². The summed E-state index contributed by atoms with van der Waals surface area (Å²) in [5.41, 5.74) is 0.683. The molecule has 0 amide bonds. The number of carbonyl (C=O) groups is 1. The molecule has 0 saturated carbocycles. The maximum atomic E-state index is 12.6. The second-order valence-electron chi connectivity index (χ2n) is 4.91. The van der Waals surface area contributed by atoms with E-state index < -0.39 is 28.1 Å². The van der Waals surface area contributed by atoms with Crippen LogP contribution in [0.1, 0.15) is 17.5 Å². The van der Waals surface area contributed by atoms with Crippen LogP contribution in [0.3, 0.4) is 0 Å². The van der Waals surface area contributed by atoms with Crippen LogP contribution in [0.5, 0.6) is 0 Å². The van der Waals surface area contributed by atoms with Crippen molar-refractivity contribution in [2.24, 2.45) is 0 Å². The Morgan fingerprint density at radius 2 is 2.14 bits per heavy atom. The standard InChI is InChI=1S/C13H14N2O5S/c1-8-4-9(6-14)2-3-12(8)21(19,20)15-7-10(16)5-11(15)13(17)18/h2-4,10-11,16H,5,7H2,1H3,(H,17,18)/t10-,11-/m0/s1. The Balaban J connectivity index is 2.47. The van der Waals surface area contributed by atoms with Gasteiger partial charge in [-0.25, -0.2) is 8.42 Å². The van der Waals surface area contributed by atoms with Crippen molar-refractivity contribution in [1.82, 2.24) is 4.31 Å². The summed E-state index contributed by atoms with van der Waals surface area (Å²) >= 11 is 0. The van der Waals surface area contributed by atoms with Crippen molar-refractivity contribution in [3.63, 3.8) is 0 Å². The molecule has 0 aliphatic carbocycles. The highest BCUT2D eigenvalue weighted by Crippen LogP contribution is 2.28. The molecule has 1 saturated heterocycles. The van der Waals surface area contributed by atoms with Crippen LogP contribution in [0.4, 0.5) is 0 Å². The molecule has 8 heteroatoms. The van der Waals surface area contributed by atoms with Gasteiger partial charge in [0.2, 0.25) is 10.0 Å². The maximum absolute atomic E-state index is 12.6. The molecule has 2 atom stereocenters. The third kappa shape index (κ3) is 2.76. The number of nitriles is 1. The molecule has 0 unspecified atom stereocenters. The van der Waals surface area contributed by atoms with Crippen LogP contribution >= 0.6 is 0 Å². The van der Waals surface area contributed by atoms with Crippen LogP contribution < -0.4 is 0 Å². The minimum absolute atomic E-state index is 0.0538. The van der Waals surface area contributed by atoms with Gasteiger partial charge in [-0.3, -0.25) is 4.79 Å². The van der Waals surface area contributed by atoms with Crippen LogP contribution in [-0.4, -0.2) is 47.6 Å². The molecule has 0 bridgehead atoms. The number of rotatable bonds is 3. The minimum Gasteiger partial charge on any atom is -0.480 e. The topological polar surface area (TPSA) is 119 Å². The fourth-order valence-electron chi connectivity index (χ4n) is 2.41. The van der Waals surface area contributed by atoms with Gasteiger partial charge in [0.15, 0.2) is 0 Å². The van der Waals surface area contributed by atoms with Gasteiger partial charge in [0.1, 0.15) is 6.04 Å². The second-order valence-corrected chi connectivity index (χ2v) is 6.77. The largest absolute Gasteiger partial charge is 0.480 e. The van der Waals surface area contributed by atoms with Gasteiger partial charge in [0.25, 0.3) is 0 Å². The number of hydrogen-bond acceptors (Lipinski definition) is 5. The van der Waals surface area contributed by atoms with Gasteiger partial charge < -0.3 is 10.2 Å². The third-order valence-electron chi connectivity index (χ3n) is 3.41. The van der Waals surface area contributed by atoms with Gasteiger partial charge in [-0.1, -0.05) is 0 Å². The average Bonchev–Trinajstić information content (AvgIpc) is 2.81. The van der Waals surface area contributed by atoms with Crippen molar-refractivity contribution in [1.29, 1.82) is 5.26 Å². The SMILES string of the molecule is Cc1cc(C#N)ccc1S(=O)(=O)N1C[C@@H](O)C[C@H]1C(=O)O. The summed E-state index contributed by atoms with van der Waals surface area (Å²) in [6.07, 6.45) is -1.14.